The maximum atomic E-state index is 13.7. The first-order chi connectivity index (χ1) is 17.5. The fourth-order valence-electron chi connectivity index (χ4n) is 4.73. The molecule has 2 aliphatic rings. The smallest absolute Gasteiger partial charge is 0.308 e. The molecule has 6 rings (SSSR count). The number of rotatable bonds is 5. The number of para-hydroxylation sites is 2. The van der Waals surface area contributed by atoms with Gasteiger partial charge in [0.2, 0.25) is 17.7 Å². The Morgan fingerprint density at radius 2 is 1.61 bits per heavy atom. The van der Waals surface area contributed by atoms with Crippen LogP contribution < -0.4 is 15.1 Å². The second kappa shape index (κ2) is 9.20. The van der Waals surface area contributed by atoms with Gasteiger partial charge in [0.05, 0.1) is 16.6 Å². The lowest BCUT2D eigenvalue weighted by Gasteiger charge is -2.29. The molecule has 0 aliphatic carbocycles. The number of thiazole rings is 1. The Morgan fingerprint density at radius 1 is 0.889 bits per heavy atom. The molecular weight excluding hydrogens is 515 g/mol. The molecule has 2 aromatic heterocycles. The molecule has 10 heteroatoms. The summed E-state index contributed by atoms with van der Waals surface area (Å²) in [6.07, 6.45) is 0. The molecule has 0 spiro atoms. The summed E-state index contributed by atoms with van der Waals surface area (Å²) in [6.45, 7) is -0.175. The molecule has 36 heavy (non-hydrogen) atoms. The number of carbonyl (C=O) groups excluding carboxylic acids is 3. The van der Waals surface area contributed by atoms with Crippen molar-refractivity contribution in [3.8, 4) is 0 Å². The summed E-state index contributed by atoms with van der Waals surface area (Å²) in [4.78, 5) is 55.8. The zero-order valence-electron chi connectivity index (χ0n) is 18.7. The molecule has 4 heterocycles. The van der Waals surface area contributed by atoms with Crippen LogP contribution in [0.15, 0.2) is 88.0 Å². The fourth-order valence-corrected chi connectivity index (χ4v) is 8.45. The third kappa shape index (κ3) is 3.82. The first-order valence-corrected chi connectivity index (χ1v) is 13.8. The topological polar surface area (TPSA) is 88.5 Å². The largest absolute Gasteiger partial charge is 0.325 e. The molecular formula is C26H19N3O4S3. The number of hydrogen-bond donors (Lipinski definition) is 1. The average molecular weight is 534 g/mol. The highest BCUT2D eigenvalue weighted by Crippen LogP contribution is 2.54. The van der Waals surface area contributed by atoms with E-state index in [2.05, 4.69) is 5.32 Å². The highest BCUT2D eigenvalue weighted by molar-refractivity contribution is 8.00. The SMILES string of the molecule is O=C(Cn1c2c(sc1=O)C(c1cccs1)C1C(=O)N(c3ccccc3)C(=O)C1S2)Nc1ccccc1. The van der Waals surface area contributed by atoms with Gasteiger partial charge in [0.1, 0.15) is 11.8 Å². The average Bonchev–Trinajstić information content (AvgIpc) is 3.58. The molecule has 3 atom stereocenters. The molecule has 0 saturated carbocycles. The highest BCUT2D eigenvalue weighted by Gasteiger charge is 2.57. The van der Waals surface area contributed by atoms with Crippen LogP contribution >= 0.6 is 34.4 Å². The number of benzene rings is 2. The van der Waals surface area contributed by atoms with Gasteiger partial charge in [-0.25, -0.2) is 4.90 Å². The lowest BCUT2D eigenvalue weighted by atomic mass is 9.87. The van der Waals surface area contributed by atoms with Crippen LogP contribution in [0.1, 0.15) is 15.7 Å². The normalized spacial score (nSPS) is 20.8. The van der Waals surface area contributed by atoms with Gasteiger partial charge in [0.15, 0.2) is 0 Å². The van der Waals surface area contributed by atoms with E-state index in [-0.39, 0.29) is 29.1 Å². The molecule has 180 valence electrons. The van der Waals surface area contributed by atoms with Gasteiger partial charge in [-0.1, -0.05) is 65.6 Å². The number of nitrogens with zero attached hydrogens (tertiary/aromatic N) is 2. The monoisotopic (exact) mass is 533 g/mol. The van der Waals surface area contributed by atoms with E-state index < -0.39 is 17.1 Å². The van der Waals surface area contributed by atoms with E-state index in [1.807, 2.05) is 41.8 Å². The van der Waals surface area contributed by atoms with Gasteiger partial charge >= 0.3 is 4.87 Å². The number of thiophene rings is 1. The van der Waals surface area contributed by atoms with Crippen molar-refractivity contribution in [1.29, 1.82) is 0 Å². The lowest BCUT2D eigenvalue weighted by Crippen LogP contribution is -2.32. The summed E-state index contributed by atoms with van der Waals surface area (Å²) in [5.74, 6) is -1.95. The van der Waals surface area contributed by atoms with Gasteiger partial charge in [-0.3, -0.25) is 23.7 Å². The molecule has 0 radical (unpaired) electrons. The number of fused-ring (bicyclic) bond motifs is 2. The van der Waals surface area contributed by atoms with E-state index in [0.717, 1.165) is 21.1 Å². The molecule has 7 nitrogen and oxygen atoms in total. The Morgan fingerprint density at radius 3 is 2.31 bits per heavy atom. The van der Waals surface area contributed by atoms with E-state index in [4.69, 9.17) is 0 Å². The summed E-state index contributed by atoms with van der Waals surface area (Å²) >= 11 is 3.77. The number of amides is 3. The van der Waals surface area contributed by atoms with Crippen LogP contribution in [0.3, 0.4) is 0 Å². The van der Waals surface area contributed by atoms with Gasteiger partial charge in [-0.05, 0) is 35.7 Å². The molecule has 1 fully saturated rings. The lowest BCUT2D eigenvalue weighted by molar-refractivity contribution is -0.122. The number of aromatic nitrogens is 1. The molecule has 2 aliphatic heterocycles. The zero-order chi connectivity index (χ0) is 24.8. The summed E-state index contributed by atoms with van der Waals surface area (Å²) < 4.78 is 1.43. The second-order valence-corrected chi connectivity index (χ2v) is 11.5. The van der Waals surface area contributed by atoms with Crippen LogP contribution in [0.5, 0.6) is 0 Å². The summed E-state index contributed by atoms with van der Waals surface area (Å²) in [5, 5.41) is 4.64. The number of thioether (sulfide) groups is 1. The van der Waals surface area contributed by atoms with E-state index >= 15 is 0 Å². The van der Waals surface area contributed by atoms with E-state index in [1.165, 1.54) is 32.6 Å². The van der Waals surface area contributed by atoms with Crippen molar-refractivity contribution in [3.63, 3.8) is 0 Å². The van der Waals surface area contributed by atoms with Crippen LogP contribution in [-0.2, 0) is 20.9 Å². The van der Waals surface area contributed by atoms with Crippen LogP contribution in [0.2, 0.25) is 0 Å². The van der Waals surface area contributed by atoms with Crippen molar-refractivity contribution < 1.29 is 14.4 Å². The van der Waals surface area contributed by atoms with Gasteiger partial charge in [-0.2, -0.15) is 0 Å². The quantitative estimate of drug-likeness (QED) is 0.384. The Bertz CT molecular complexity index is 1510. The van der Waals surface area contributed by atoms with Crippen molar-refractivity contribution >= 4 is 63.5 Å². The maximum absolute atomic E-state index is 13.7. The van der Waals surface area contributed by atoms with Gasteiger partial charge in [0, 0.05) is 21.4 Å². The Labute approximate surface area is 218 Å². The van der Waals surface area contributed by atoms with E-state index in [9.17, 15) is 19.2 Å². The minimum Gasteiger partial charge on any atom is -0.325 e. The number of carbonyl (C=O) groups is 3. The van der Waals surface area contributed by atoms with Crippen LogP contribution in [-0.4, -0.2) is 27.5 Å². The molecule has 1 saturated heterocycles. The predicted octanol–water partition coefficient (Wildman–Crippen LogP) is 4.41. The second-order valence-electron chi connectivity index (χ2n) is 8.44. The van der Waals surface area contributed by atoms with Gasteiger partial charge < -0.3 is 5.32 Å². The first kappa shape index (κ1) is 23.0. The predicted molar refractivity (Wildman–Crippen MR) is 142 cm³/mol. The summed E-state index contributed by atoms with van der Waals surface area (Å²) in [7, 11) is 0. The number of nitrogens with one attached hydrogen (secondary N) is 1. The van der Waals surface area contributed by atoms with Crippen LogP contribution in [0.4, 0.5) is 11.4 Å². The van der Waals surface area contributed by atoms with Crippen LogP contribution in [0, 0.1) is 5.92 Å². The number of hydrogen-bond acceptors (Lipinski definition) is 7. The summed E-state index contributed by atoms with van der Waals surface area (Å²) in [5.41, 5.74) is 1.18. The van der Waals surface area contributed by atoms with Crippen LogP contribution in [0.25, 0.3) is 0 Å². The Hall–Kier alpha value is -3.47. The fraction of sp³-hybridized carbons (Fsp3) is 0.154. The van der Waals surface area contributed by atoms with Gasteiger partial charge in [-0.15, -0.1) is 11.3 Å². The third-order valence-corrected chi connectivity index (χ3v) is 9.83. The summed E-state index contributed by atoms with van der Waals surface area (Å²) in [6, 6.07) is 21.8. The minimum atomic E-state index is -0.685. The molecule has 1 N–H and O–H groups in total. The maximum Gasteiger partial charge on any atom is 0.308 e. The third-order valence-electron chi connectivity index (χ3n) is 6.27. The van der Waals surface area contributed by atoms with Crippen molar-refractivity contribution in [2.45, 2.75) is 22.7 Å². The molecule has 0 bridgehead atoms. The van der Waals surface area contributed by atoms with Crippen molar-refractivity contribution in [2.75, 3.05) is 10.2 Å². The highest BCUT2D eigenvalue weighted by atomic mass is 32.2. The number of imide groups is 1. The van der Waals surface area contributed by atoms with E-state index in [0.29, 0.717) is 16.4 Å². The molecule has 4 aromatic rings. The van der Waals surface area contributed by atoms with E-state index in [1.54, 1.807) is 36.4 Å². The first-order valence-electron chi connectivity index (χ1n) is 11.2. The Kier molecular flexibility index (Phi) is 5.87. The zero-order valence-corrected chi connectivity index (χ0v) is 21.1. The van der Waals surface area contributed by atoms with Crippen molar-refractivity contribution in [3.05, 3.63) is 97.6 Å². The minimum absolute atomic E-state index is 0.175. The standard InChI is InChI=1S/C26H19N3O4S3/c30-18(27-15-8-3-1-4-9-15)14-28-25-22(36-26(28)33)19(17-12-7-13-34-17)20-21(35-25)24(32)29(23(20)31)16-10-5-2-6-11-16/h1-13,19-21H,14H2,(H,27,30). The molecule has 2 aromatic carbocycles. The molecule has 3 unspecified atom stereocenters. The van der Waals surface area contributed by atoms with Crippen molar-refractivity contribution in [2.24, 2.45) is 5.92 Å². The van der Waals surface area contributed by atoms with Crippen molar-refractivity contribution in [1.82, 2.24) is 4.57 Å². The molecule has 3 amide bonds. The van der Waals surface area contributed by atoms with Gasteiger partial charge in [0.25, 0.3) is 0 Å². The number of anilines is 2. The Balaban J connectivity index is 1.40.